The predicted octanol–water partition coefficient (Wildman–Crippen LogP) is -1.00. The number of hydrogen-bond donors (Lipinski definition) is 0. The molecule has 0 unspecified atom stereocenters. The molecule has 1 fully saturated rings. The van der Waals surface area contributed by atoms with E-state index in [-0.39, 0.29) is 24.0 Å². The van der Waals surface area contributed by atoms with Gasteiger partial charge in [0.25, 0.3) is 0 Å². The summed E-state index contributed by atoms with van der Waals surface area (Å²) in [6, 6.07) is 4.89. The first-order chi connectivity index (χ1) is 6.20. The van der Waals surface area contributed by atoms with Gasteiger partial charge in [-0.05, 0) is 6.07 Å². The molecule has 0 amide bonds. The zero-order valence-electron chi connectivity index (χ0n) is 8.78. The summed E-state index contributed by atoms with van der Waals surface area (Å²) in [6.45, 7) is 1.29. The molecule has 0 aromatic carbocycles. The Labute approximate surface area is 103 Å². The Balaban J connectivity index is 0.000000980. The molecule has 1 aromatic heterocycles. The third-order valence-corrected chi connectivity index (χ3v) is 3.12. The molecule has 0 spiro atoms. The molecule has 1 aliphatic heterocycles. The van der Waals surface area contributed by atoms with Crippen molar-refractivity contribution in [3.8, 4) is 0 Å². The molecule has 0 saturated carbocycles. The van der Waals surface area contributed by atoms with Gasteiger partial charge >= 0.3 is 0 Å². The molecule has 0 radical (unpaired) electrons. The molecule has 1 atom stereocenters. The standard InChI is InChI=1S/C11H17N2.HI/c1-13(2)8-4-6-11(13)10-5-3-7-12-9-10;/h3,5,7,9,11H,4,6,8H2,1-2H3;1H/q+1;/p-1/t11-;/m1./s1. The fourth-order valence-corrected chi connectivity index (χ4v) is 2.34. The van der Waals surface area contributed by atoms with Crippen LogP contribution < -0.4 is 24.0 Å². The lowest BCUT2D eigenvalue weighted by Gasteiger charge is -2.31. The van der Waals surface area contributed by atoms with Gasteiger partial charge in [-0.2, -0.15) is 0 Å². The maximum atomic E-state index is 4.18. The predicted molar refractivity (Wildman–Crippen MR) is 53.2 cm³/mol. The van der Waals surface area contributed by atoms with Crippen molar-refractivity contribution in [2.24, 2.45) is 0 Å². The van der Waals surface area contributed by atoms with E-state index >= 15 is 0 Å². The van der Waals surface area contributed by atoms with E-state index < -0.39 is 0 Å². The Bertz CT molecular complexity index is 285. The van der Waals surface area contributed by atoms with Crippen molar-refractivity contribution >= 4 is 0 Å². The second kappa shape index (κ2) is 4.57. The van der Waals surface area contributed by atoms with E-state index in [1.807, 2.05) is 18.5 Å². The molecular weight excluding hydrogens is 287 g/mol. The van der Waals surface area contributed by atoms with Crippen LogP contribution in [-0.4, -0.2) is 30.1 Å². The average molecular weight is 304 g/mol. The third kappa shape index (κ3) is 2.25. The normalized spacial score (nSPS) is 24.3. The Morgan fingerprint density at radius 1 is 1.43 bits per heavy atom. The van der Waals surface area contributed by atoms with Crippen molar-refractivity contribution < 1.29 is 28.5 Å². The van der Waals surface area contributed by atoms with E-state index in [4.69, 9.17) is 0 Å². The topological polar surface area (TPSA) is 12.9 Å². The highest BCUT2D eigenvalue weighted by atomic mass is 127. The molecule has 1 saturated heterocycles. The van der Waals surface area contributed by atoms with Crippen molar-refractivity contribution in [2.75, 3.05) is 20.6 Å². The maximum absolute atomic E-state index is 4.18. The first-order valence-electron chi connectivity index (χ1n) is 4.93. The zero-order valence-corrected chi connectivity index (χ0v) is 10.9. The summed E-state index contributed by atoms with van der Waals surface area (Å²) in [7, 11) is 4.62. The number of likely N-dealkylation sites (tertiary alicyclic amines) is 1. The number of nitrogens with zero attached hydrogens (tertiary/aromatic N) is 2. The number of quaternary nitrogens is 1. The van der Waals surface area contributed by atoms with Gasteiger partial charge in [0.1, 0.15) is 6.04 Å². The fraction of sp³-hybridized carbons (Fsp3) is 0.545. The Hall–Kier alpha value is -0.160. The summed E-state index contributed by atoms with van der Waals surface area (Å²) < 4.78 is 1.12. The molecule has 1 aromatic rings. The van der Waals surface area contributed by atoms with E-state index in [2.05, 4.69) is 25.1 Å². The molecule has 14 heavy (non-hydrogen) atoms. The number of pyridine rings is 1. The van der Waals surface area contributed by atoms with Crippen LogP contribution in [0.15, 0.2) is 24.5 Å². The molecule has 0 aliphatic carbocycles. The van der Waals surface area contributed by atoms with Crippen LogP contribution in [-0.2, 0) is 0 Å². The van der Waals surface area contributed by atoms with E-state index in [1.54, 1.807) is 0 Å². The average Bonchev–Trinajstić information content (AvgIpc) is 2.47. The van der Waals surface area contributed by atoms with E-state index in [0.29, 0.717) is 6.04 Å². The van der Waals surface area contributed by atoms with Crippen molar-refractivity contribution in [2.45, 2.75) is 18.9 Å². The maximum Gasteiger partial charge on any atom is 0.116 e. The highest BCUT2D eigenvalue weighted by Crippen LogP contribution is 2.35. The summed E-state index contributed by atoms with van der Waals surface area (Å²) in [5.41, 5.74) is 1.39. The molecular formula is C11H17IN2. The van der Waals surface area contributed by atoms with Gasteiger partial charge in [0.2, 0.25) is 0 Å². The monoisotopic (exact) mass is 304 g/mol. The van der Waals surface area contributed by atoms with Crippen LogP contribution in [0.5, 0.6) is 0 Å². The highest BCUT2D eigenvalue weighted by Gasteiger charge is 2.34. The smallest absolute Gasteiger partial charge is 0.116 e. The molecule has 0 bridgehead atoms. The lowest BCUT2D eigenvalue weighted by atomic mass is 10.1. The molecule has 78 valence electrons. The van der Waals surface area contributed by atoms with Crippen LogP contribution in [0.2, 0.25) is 0 Å². The minimum Gasteiger partial charge on any atom is -1.00 e. The van der Waals surface area contributed by atoms with Crippen molar-refractivity contribution in [1.29, 1.82) is 0 Å². The van der Waals surface area contributed by atoms with E-state index in [0.717, 1.165) is 4.48 Å². The lowest BCUT2D eigenvalue weighted by Crippen LogP contribution is -3.00. The Morgan fingerprint density at radius 3 is 2.71 bits per heavy atom. The van der Waals surface area contributed by atoms with Gasteiger partial charge in [0.05, 0.1) is 20.6 Å². The van der Waals surface area contributed by atoms with Crippen LogP contribution in [0.3, 0.4) is 0 Å². The summed E-state index contributed by atoms with van der Waals surface area (Å²) in [6.07, 6.45) is 6.50. The van der Waals surface area contributed by atoms with Gasteiger partial charge in [-0.25, -0.2) is 0 Å². The summed E-state index contributed by atoms with van der Waals surface area (Å²) in [5, 5.41) is 0. The largest absolute Gasteiger partial charge is 1.00 e. The van der Waals surface area contributed by atoms with Crippen LogP contribution in [0.4, 0.5) is 0 Å². The fourth-order valence-electron chi connectivity index (χ4n) is 2.34. The quantitative estimate of drug-likeness (QED) is 0.479. The van der Waals surface area contributed by atoms with E-state index in [1.165, 1.54) is 24.9 Å². The third-order valence-electron chi connectivity index (χ3n) is 3.12. The van der Waals surface area contributed by atoms with Gasteiger partial charge in [0.15, 0.2) is 0 Å². The van der Waals surface area contributed by atoms with Gasteiger partial charge in [-0.1, -0.05) is 6.07 Å². The summed E-state index contributed by atoms with van der Waals surface area (Å²) >= 11 is 0. The van der Waals surface area contributed by atoms with Crippen LogP contribution >= 0.6 is 0 Å². The Kier molecular flexibility index (Phi) is 3.89. The molecule has 1 aliphatic rings. The molecule has 2 rings (SSSR count). The van der Waals surface area contributed by atoms with Crippen molar-refractivity contribution in [3.05, 3.63) is 30.1 Å². The first-order valence-corrected chi connectivity index (χ1v) is 4.93. The lowest BCUT2D eigenvalue weighted by molar-refractivity contribution is -0.908. The van der Waals surface area contributed by atoms with Crippen LogP contribution in [0.25, 0.3) is 0 Å². The molecule has 2 nitrogen and oxygen atoms in total. The van der Waals surface area contributed by atoms with Gasteiger partial charge in [0, 0.05) is 30.8 Å². The van der Waals surface area contributed by atoms with Gasteiger partial charge in [-0.3, -0.25) is 4.98 Å². The summed E-state index contributed by atoms with van der Waals surface area (Å²) in [4.78, 5) is 4.18. The number of halogens is 1. The van der Waals surface area contributed by atoms with Crippen LogP contribution in [0, 0.1) is 0 Å². The number of hydrogen-bond acceptors (Lipinski definition) is 1. The van der Waals surface area contributed by atoms with E-state index in [9.17, 15) is 0 Å². The zero-order chi connectivity index (χ0) is 9.31. The molecule has 0 N–H and O–H groups in total. The first kappa shape index (κ1) is 11.9. The highest BCUT2D eigenvalue weighted by molar-refractivity contribution is 5.12. The minimum atomic E-state index is 0. The second-order valence-corrected chi connectivity index (χ2v) is 4.45. The minimum absolute atomic E-state index is 0. The molecule has 2 heterocycles. The second-order valence-electron chi connectivity index (χ2n) is 4.45. The van der Waals surface area contributed by atoms with Crippen LogP contribution in [0.1, 0.15) is 24.4 Å². The number of aromatic nitrogens is 1. The number of rotatable bonds is 1. The van der Waals surface area contributed by atoms with Gasteiger partial charge < -0.3 is 28.5 Å². The summed E-state index contributed by atoms with van der Waals surface area (Å²) in [5.74, 6) is 0. The Morgan fingerprint density at radius 2 is 2.21 bits per heavy atom. The van der Waals surface area contributed by atoms with Crippen molar-refractivity contribution in [3.63, 3.8) is 0 Å². The molecule has 3 heteroatoms. The SMILES string of the molecule is C[N+]1(C)CCC[C@@H]1c1cccnc1.[I-]. The van der Waals surface area contributed by atoms with Gasteiger partial charge in [-0.15, -0.1) is 0 Å². The van der Waals surface area contributed by atoms with Crippen molar-refractivity contribution in [1.82, 2.24) is 4.98 Å².